The van der Waals surface area contributed by atoms with Crippen LogP contribution in [-0.2, 0) is 4.74 Å². The highest BCUT2D eigenvalue weighted by Gasteiger charge is 2.37. The topological polar surface area (TPSA) is 75.3 Å². The van der Waals surface area contributed by atoms with E-state index in [1.165, 1.54) is 5.57 Å². The Bertz CT molecular complexity index is 908. The van der Waals surface area contributed by atoms with Crippen LogP contribution < -0.4 is 5.56 Å². The molecule has 1 fully saturated rings. The largest absolute Gasteiger partial charge is 0.370 e. The van der Waals surface area contributed by atoms with E-state index in [1.807, 2.05) is 6.07 Å². The van der Waals surface area contributed by atoms with E-state index in [2.05, 4.69) is 23.0 Å². The standard InChI is InChI=1S/C19H21N3O3/c1-13-6-11-25-19(12-13)7-9-22(10-8-19)18(24)16-20-15-5-3-2-4-14(15)17(23)21-16/h2-5,12H,6-11H2,1H3,(H,20,21,23). The van der Waals surface area contributed by atoms with Gasteiger partial charge in [-0.3, -0.25) is 9.59 Å². The highest BCUT2D eigenvalue weighted by atomic mass is 16.5. The Hall–Kier alpha value is -2.47. The van der Waals surface area contributed by atoms with Gasteiger partial charge in [0.25, 0.3) is 11.5 Å². The summed E-state index contributed by atoms with van der Waals surface area (Å²) in [5, 5.41) is 0.493. The number of H-pyrrole nitrogens is 1. The minimum absolute atomic E-state index is 0.107. The molecule has 4 rings (SSSR count). The highest BCUT2D eigenvalue weighted by molar-refractivity contribution is 5.92. The SMILES string of the molecule is CC1=CC2(CCN(C(=O)c3nc4ccccc4c(=O)[nH]3)CC2)OCC1. The average molecular weight is 339 g/mol. The van der Waals surface area contributed by atoms with Crippen LogP contribution in [0.1, 0.15) is 36.8 Å². The minimum atomic E-state index is -0.281. The van der Waals surface area contributed by atoms with E-state index in [9.17, 15) is 9.59 Å². The van der Waals surface area contributed by atoms with Gasteiger partial charge in [0.05, 0.1) is 23.1 Å². The molecular formula is C19H21N3O3. The molecule has 0 radical (unpaired) electrons. The van der Waals surface area contributed by atoms with Gasteiger partial charge in [-0.05, 0) is 38.3 Å². The van der Waals surface area contributed by atoms with E-state index >= 15 is 0 Å². The van der Waals surface area contributed by atoms with Crippen molar-refractivity contribution < 1.29 is 9.53 Å². The van der Waals surface area contributed by atoms with E-state index in [0.717, 1.165) is 25.9 Å². The van der Waals surface area contributed by atoms with E-state index in [-0.39, 0.29) is 22.9 Å². The Morgan fingerprint density at radius 1 is 1.28 bits per heavy atom. The molecule has 2 aromatic rings. The zero-order chi connectivity index (χ0) is 17.4. The number of hydrogen-bond donors (Lipinski definition) is 1. The molecule has 0 atom stereocenters. The Balaban J connectivity index is 1.55. The summed E-state index contributed by atoms with van der Waals surface area (Å²) in [5.74, 6) is -0.120. The van der Waals surface area contributed by atoms with Crippen LogP contribution in [0.4, 0.5) is 0 Å². The van der Waals surface area contributed by atoms with Crippen molar-refractivity contribution in [3.63, 3.8) is 0 Å². The summed E-state index contributed by atoms with van der Waals surface area (Å²) in [6.45, 7) is 4.07. The number of carbonyl (C=O) groups excluding carboxylic acids is 1. The summed E-state index contributed by atoms with van der Waals surface area (Å²) in [6.07, 6.45) is 4.74. The number of likely N-dealkylation sites (tertiary alicyclic amines) is 1. The number of rotatable bonds is 1. The van der Waals surface area contributed by atoms with Crippen molar-refractivity contribution in [2.45, 2.75) is 31.8 Å². The van der Waals surface area contributed by atoms with Gasteiger partial charge in [-0.25, -0.2) is 4.98 Å². The first kappa shape index (κ1) is 16.0. The predicted molar refractivity (Wildman–Crippen MR) is 94.6 cm³/mol. The first-order valence-electron chi connectivity index (χ1n) is 8.67. The summed E-state index contributed by atoms with van der Waals surface area (Å²) in [6, 6.07) is 7.04. The van der Waals surface area contributed by atoms with Crippen molar-refractivity contribution in [2.75, 3.05) is 19.7 Å². The number of aromatic amines is 1. The van der Waals surface area contributed by atoms with Crippen molar-refractivity contribution in [3.05, 3.63) is 52.1 Å². The lowest BCUT2D eigenvalue weighted by Gasteiger charge is -2.42. The van der Waals surface area contributed by atoms with Gasteiger partial charge in [0.2, 0.25) is 0 Å². The van der Waals surface area contributed by atoms with E-state index in [1.54, 1.807) is 23.1 Å². The number of nitrogens with zero attached hydrogens (tertiary/aromatic N) is 2. The fourth-order valence-electron chi connectivity index (χ4n) is 3.69. The van der Waals surface area contributed by atoms with E-state index in [4.69, 9.17) is 4.74 Å². The van der Waals surface area contributed by atoms with Gasteiger partial charge in [0, 0.05) is 13.1 Å². The Labute approximate surface area is 145 Å². The average Bonchev–Trinajstić information content (AvgIpc) is 2.62. The van der Waals surface area contributed by atoms with E-state index < -0.39 is 0 Å². The van der Waals surface area contributed by atoms with Crippen LogP contribution in [0.25, 0.3) is 10.9 Å². The molecule has 130 valence electrons. The third-order valence-corrected chi connectivity index (χ3v) is 5.11. The maximum atomic E-state index is 12.8. The van der Waals surface area contributed by atoms with Crippen molar-refractivity contribution in [1.29, 1.82) is 0 Å². The molecule has 0 aliphatic carbocycles. The number of amides is 1. The van der Waals surface area contributed by atoms with Crippen molar-refractivity contribution in [2.24, 2.45) is 0 Å². The summed E-state index contributed by atoms with van der Waals surface area (Å²) in [7, 11) is 0. The van der Waals surface area contributed by atoms with Crippen molar-refractivity contribution in [1.82, 2.24) is 14.9 Å². The predicted octanol–water partition coefficient (Wildman–Crippen LogP) is 2.26. The second kappa shape index (κ2) is 6.11. The molecule has 1 N–H and O–H groups in total. The Morgan fingerprint density at radius 2 is 2.04 bits per heavy atom. The molecule has 6 nitrogen and oxygen atoms in total. The summed E-state index contributed by atoms with van der Waals surface area (Å²) in [5.41, 5.74) is 1.38. The number of ether oxygens (including phenoxy) is 1. The first-order chi connectivity index (χ1) is 12.1. The number of hydrogen-bond acceptors (Lipinski definition) is 4. The van der Waals surface area contributed by atoms with Crippen LogP contribution in [0.5, 0.6) is 0 Å². The lowest BCUT2D eigenvalue weighted by molar-refractivity contribution is -0.0523. The number of piperidine rings is 1. The second-order valence-corrected chi connectivity index (χ2v) is 6.88. The van der Waals surface area contributed by atoms with E-state index in [0.29, 0.717) is 24.0 Å². The number of para-hydroxylation sites is 1. The minimum Gasteiger partial charge on any atom is -0.370 e. The summed E-state index contributed by atoms with van der Waals surface area (Å²) < 4.78 is 6.00. The second-order valence-electron chi connectivity index (χ2n) is 6.88. The molecule has 3 heterocycles. The smallest absolute Gasteiger partial charge is 0.289 e. The third kappa shape index (κ3) is 2.98. The van der Waals surface area contributed by atoms with Crippen molar-refractivity contribution >= 4 is 16.8 Å². The van der Waals surface area contributed by atoms with Gasteiger partial charge in [-0.15, -0.1) is 0 Å². The van der Waals surface area contributed by atoms with Crippen LogP contribution in [0, 0.1) is 0 Å². The quantitative estimate of drug-likeness (QED) is 0.809. The molecule has 0 bridgehead atoms. The van der Waals surface area contributed by atoms with Gasteiger partial charge in [-0.1, -0.05) is 23.8 Å². The molecule has 0 saturated carbocycles. The molecule has 0 unspecified atom stereocenters. The Morgan fingerprint density at radius 3 is 2.80 bits per heavy atom. The van der Waals surface area contributed by atoms with Crippen LogP contribution >= 0.6 is 0 Å². The van der Waals surface area contributed by atoms with Gasteiger partial charge in [0.15, 0.2) is 5.82 Å². The zero-order valence-corrected chi connectivity index (χ0v) is 14.2. The molecule has 1 aromatic carbocycles. The lowest BCUT2D eigenvalue weighted by Crippen LogP contribution is -2.48. The summed E-state index contributed by atoms with van der Waals surface area (Å²) in [4.78, 5) is 33.7. The molecule has 2 aliphatic heterocycles. The first-order valence-corrected chi connectivity index (χ1v) is 8.67. The normalized spacial score (nSPS) is 19.9. The van der Waals surface area contributed by atoms with Gasteiger partial charge in [0.1, 0.15) is 0 Å². The number of aromatic nitrogens is 2. The highest BCUT2D eigenvalue weighted by Crippen LogP contribution is 2.33. The number of nitrogens with one attached hydrogen (secondary N) is 1. The maximum absolute atomic E-state index is 12.8. The van der Waals surface area contributed by atoms with Crippen LogP contribution in [0.15, 0.2) is 40.7 Å². The fourth-order valence-corrected chi connectivity index (χ4v) is 3.69. The molecule has 6 heteroatoms. The molecule has 1 aromatic heterocycles. The monoisotopic (exact) mass is 339 g/mol. The number of benzene rings is 1. The Kier molecular flexibility index (Phi) is 3.92. The lowest BCUT2D eigenvalue weighted by atomic mass is 9.87. The van der Waals surface area contributed by atoms with Crippen LogP contribution in [0.2, 0.25) is 0 Å². The zero-order valence-electron chi connectivity index (χ0n) is 14.2. The molecular weight excluding hydrogens is 318 g/mol. The molecule has 1 saturated heterocycles. The third-order valence-electron chi connectivity index (χ3n) is 5.11. The number of carbonyl (C=O) groups is 1. The molecule has 1 spiro atoms. The van der Waals surface area contributed by atoms with Gasteiger partial charge in [-0.2, -0.15) is 0 Å². The van der Waals surface area contributed by atoms with Crippen molar-refractivity contribution in [3.8, 4) is 0 Å². The van der Waals surface area contributed by atoms with Crippen LogP contribution in [0.3, 0.4) is 0 Å². The number of fused-ring (bicyclic) bond motifs is 1. The summed E-state index contributed by atoms with van der Waals surface area (Å²) >= 11 is 0. The van der Waals surface area contributed by atoms with Gasteiger partial charge < -0.3 is 14.6 Å². The molecule has 25 heavy (non-hydrogen) atoms. The molecule has 1 amide bonds. The van der Waals surface area contributed by atoms with Crippen LogP contribution in [-0.4, -0.2) is 46.1 Å². The maximum Gasteiger partial charge on any atom is 0.289 e. The fraction of sp³-hybridized carbons (Fsp3) is 0.421. The van der Waals surface area contributed by atoms with Gasteiger partial charge >= 0.3 is 0 Å². The molecule has 2 aliphatic rings.